The van der Waals surface area contributed by atoms with Gasteiger partial charge in [0.15, 0.2) is 12.1 Å². The molecule has 3 heterocycles. The van der Waals surface area contributed by atoms with Crippen LogP contribution in [0, 0.1) is 0 Å². The first kappa shape index (κ1) is 53.8. The number of hydrogen-bond donors (Lipinski definition) is 13. The summed E-state index contributed by atoms with van der Waals surface area (Å²) in [6.45, 7) is -1.94. The molecule has 2 fully saturated rings. The molecule has 9 atom stereocenters. The second-order valence-corrected chi connectivity index (χ2v) is 16.1. The van der Waals surface area contributed by atoms with Gasteiger partial charge >= 0.3 is 5.97 Å². The van der Waals surface area contributed by atoms with Gasteiger partial charge < -0.3 is 73.8 Å². The fourth-order valence-electron chi connectivity index (χ4n) is 7.15. The smallest absolute Gasteiger partial charge is 0.305 e. The zero-order chi connectivity index (χ0) is 49.8. The summed E-state index contributed by atoms with van der Waals surface area (Å²) in [4.78, 5) is 109. The van der Waals surface area contributed by atoms with Gasteiger partial charge in [0.2, 0.25) is 35.4 Å². The number of aliphatic hydroxyl groups is 3. The number of nitrogens with one attached hydrogen (secondary N) is 7. The van der Waals surface area contributed by atoms with Crippen LogP contribution in [-0.4, -0.2) is 176 Å². The Bertz CT molecular complexity index is 2080. The van der Waals surface area contributed by atoms with Gasteiger partial charge in [-0.15, -0.1) is 5.10 Å². The lowest BCUT2D eigenvalue weighted by atomic mass is 9.94. The van der Waals surface area contributed by atoms with E-state index in [2.05, 4.69) is 52.5 Å². The molecule has 2 saturated heterocycles. The van der Waals surface area contributed by atoms with Gasteiger partial charge in [-0.1, -0.05) is 35.5 Å². The third kappa shape index (κ3) is 17.4. The van der Waals surface area contributed by atoms with Gasteiger partial charge in [-0.3, -0.25) is 47.7 Å². The number of benzene rings is 1. The minimum Gasteiger partial charge on any atom is -0.481 e. The van der Waals surface area contributed by atoms with E-state index in [1.807, 2.05) is 0 Å². The molecule has 68 heavy (non-hydrogen) atoms. The van der Waals surface area contributed by atoms with E-state index in [4.69, 9.17) is 16.2 Å². The minimum atomic E-state index is -1.87. The van der Waals surface area contributed by atoms with Crippen LogP contribution in [0.1, 0.15) is 56.2 Å². The number of guanidine groups is 1. The quantitative estimate of drug-likeness (QED) is 0.0315. The number of rotatable bonds is 21. The fraction of sp³-hybridized carbons (Fsp3) is 0.585. The maximum Gasteiger partial charge on any atom is 0.305 e. The molecule has 1 aromatic heterocycles. The lowest BCUT2D eigenvalue weighted by Crippen LogP contribution is -2.63. The number of carboxylic acid groups (broad SMARTS) is 1. The van der Waals surface area contributed by atoms with Gasteiger partial charge in [0.1, 0.15) is 55.1 Å². The first-order valence-electron chi connectivity index (χ1n) is 21.9. The molecule has 15 N–H and O–H groups in total. The van der Waals surface area contributed by atoms with E-state index in [0.29, 0.717) is 17.7 Å². The number of aromatic nitrogens is 3. The maximum absolute atomic E-state index is 14.0. The Balaban J connectivity index is 1.45. The molecule has 27 heteroatoms. The molecule has 0 bridgehead atoms. The Morgan fingerprint density at radius 2 is 1.49 bits per heavy atom. The molecule has 1 aromatic carbocycles. The summed E-state index contributed by atoms with van der Waals surface area (Å²) >= 11 is 0. The van der Waals surface area contributed by atoms with Crippen molar-refractivity contribution in [1.29, 1.82) is 0 Å². The molecule has 0 radical (unpaired) electrons. The second-order valence-electron chi connectivity index (χ2n) is 16.1. The number of aliphatic hydroxyl groups excluding tert-OH is 3. The van der Waals surface area contributed by atoms with Crippen molar-refractivity contribution in [2.45, 2.75) is 119 Å². The highest BCUT2D eigenvalue weighted by Crippen LogP contribution is 2.21. The monoisotopic (exact) mass is 960 g/mol. The molecule has 2 aliphatic heterocycles. The number of aryl methyl sites for hydroxylation is 1. The summed E-state index contributed by atoms with van der Waals surface area (Å²) in [5, 5.41) is 66.4. The maximum atomic E-state index is 14.0. The molecule has 4 rings (SSSR count). The van der Waals surface area contributed by atoms with Crippen LogP contribution in [0.3, 0.4) is 0 Å². The average molecular weight is 961 g/mol. The predicted octanol–water partition coefficient (Wildman–Crippen LogP) is -5.73. The standard InChI is InChI=1S/C41H60FN13O13/c42-13-6-10-23-20-55(54-53-23)21-30(57)47-18-28-32(60)33(61)34(62)35(68-28)40(67)45-14-5-4-11-25-37(64)50-24(12-7-15-46-41(43)44)36(63)48-19-29(56)49-27(17-31(58)59)39(66)52-26(38(65)51-25)16-22-8-2-1-3-9-22/h1-3,8-9,20,24-28,32-35,60-62H,4-7,10-19,21H2,(H,45,67)(H,47,57)(H,48,63)(H,49,56)(H,50,64)(H,51,65)(H,52,66)(H,58,59)(H4,43,44,46)/t24-,25-,26+,27-,28+,32+,33-,34-,35+/m0/s1/i42-1. The summed E-state index contributed by atoms with van der Waals surface area (Å²) in [6, 6.07) is 2.70. The topological polar surface area (TPSA) is 406 Å². The number of unbranched alkanes of at least 4 members (excludes halogenated alkanes) is 1. The van der Waals surface area contributed by atoms with E-state index in [-0.39, 0.29) is 77.1 Å². The summed E-state index contributed by atoms with van der Waals surface area (Å²) in [5.41, 5.74) is 11.9. The molecule has 374 valence electrons. The second kappa shape index (κ2) is 27.1. The van der Waals surface area contributed by atoms with Crippen molar-refractivity contribution in [3.8, 4) is 0 Å². The lowest BCUT2D eigenvalue weighted by molar-refractivity contribution is -0.219. The third-order valence-electron chi connectivity index (χ3n) is 10.7. The van der Waals surface area contributed by atoms with Crippen LogP contribution < -0.4 is 48.7 Å². The van der Waals surface area contributed by atoms with Crippen LogP contribution in [0.25, 0.3) is 0 Å². The van der Waals surface area contributed by atoms with Crippen molar-refractivity contribution in [2.24, 2.45) is 16.5 Å². The van der Waals surface area contributed by atoms with Gasteiger partial charge in [0, 0.05) is 32.3 Å². The van der Waals surface area contributed by atoms with Crippen molar-refractivity contribution >= 4 is 53.3 Å². The Labute approximate surface area is 388 Å². The largest absolute Gasteiger partial charge is 0.481 e. The van der Waals surface area contributed by atoms with Crippen LogP contribution in [0.4, 0.5) is 4.39 Å². The van der Waals surface area contributed by atoms with Crippen molar-refractivity contribution < 1.29 is 67.9 Å². The highest BCUT2D eigenvalue weighted by molar-refractivity contribution is 5.98. The van der Waals surface area contributed by atoms with Crippen LogP contribution in [-0.2, 0) is 62.5 Å². The summed E-state index contributed by atoms with van der Waals surface area (Å²) in [6.07, 6.45) is -7.09. The number of alkyl halides is 1. The first-order valence-corrected chi connectivity index (χ1v) is 21.9. The molecule has 0 unspecified atom stereocenters. The number of aliphatic imine (C=N–C) groups is 1. The van der Waals surface area contributed by atoms with Crippen molar-refractivity contribution in [2.75, 3.05) is 32.9 Å². The number of hydrogen-bond acceptors (Lipinski definition) is 15. The van der Waals surface area contributed by atoms with Crippen molar-refractivity contribution in [3.05, 3.63) is 47.8 Å². The van der Waals surface area contributed by atoms with Crippen molar-refractivity contribution in [3.63, 3.8) is 0 Å². The lowest BCUT2D eigenvalue weighted by Gasteiger charge is -2.40. The van der Waals surface area contributed by atoms with E-state index >= 15 is 0 Å². The van der Waals surface area contributed by atoms with Crippen LogP contribution in [0.15, 0.2) is 41.5 Å². The molecular formula is C41H60FN13O13. The van der Waals surface area contributed by atoms with Gasteiger partial charge in [0.25, 0.3) is 5.91 Å². The summed E-state index contributed by atoms with van der Waals surface area (Å²) in [7, 11) is 0. The van der Waals surface area contributed by atoms with Crippen LogP contribution in [0.2, 0.25) is 0 Å². The van der Waals surface area contributed by atoms with E-state index in [1.165, 1.54) is 10.9 Å². The molecule has 2 aliphatic rings. The third-order valence-corrected chi connectivity index (χ3v) is 10.7. The number of carbonyl (C=O) groups is 8. The van der Waals surface area contributed by atoms with Gasteiger partial charge in [-0.05, 0) is 50.5 Å². The number of carboxylic acids is 1. The molecule has 26 nitrogen and oxygen atoms in total. The predicted molar refractivity (Wildman–Crippen MR) is 234 cm³/mol. The fourth-order valence-corrected chi connectivity index (χ4v) is 7.15. The van der Waals surface area contributed by atoms with E-state index in [0.717, 1.165) is 0 Å². The van der Waals surface area contributed by atoms with Crippen molar-refractivity contribution in [1.82, 2.24) is 52.2 Å². The molecule has 0 aliphatic carbocycles. The zero-order valence-corrected chi connectivity index (χ0v) is 37.1. The van der Waals surface area contributed by atoms with E-state index in [9.17, 15) is 63.2 Å². The number of nitrogens with zero attached hydrogens (tertiary/aromatic N) is 4. The van der Waals surface area contributed by atoms with E-state index in [1.54, 1.807) is 30.3 Å². The highest BCUT2D eigenvalue weighted by Gasteiger charge is 2.46. The average Bonchev–Trinajstić information content (AvgIpc) is 3.75. The number of carbonyl (C=O) groups excluding carboxylic acids is 7. The number of amides is 7. The summed E-state index contributed by atoms with van der Waals surface area (Å²) < 4.78 is 19.3. The van der Waals surface area contributed by atoms with Gasteiger partial charge in [-0.25, -0.2) is 4.68 Å². The minimum absolute atomic E-state index is 0.0394. The van der Waals surface area contributed by atoms with Crippen LogP contribution >= 0.6 is 0 Å². The van der Waals surface area contributed by atoms with E-state index < -0.39 is 122 Å². The Morgan fingerprint density at radius 3 is 2.18 bits per heavy atom. The number of nitrogens with two attached hydrogens (primary N) is 2. The zero-order valence-electron chi connectivity index (χ0n) is 37.1. The molecule has 0 spiro atoms. The molecule has 2 aromatic rings. The van der Waals surface area contributed by atoms with Gasteiger partial charge in [-0.2, -0.15) is 0 Å². The Kier molecular flexibility index (Phi) is 21.4. The van der Waals surface area contributed by atoms with Gasteiger partial charge in [0.05, 0.1) is 25.3 Å². The molecule has 0 saturated carbocycles. The number of aliphatic carboxylic acids is 1. The Hall–Kier alpha value is -6.84. The summed E-state index contributed by atoms with van der Waals surface area (Å²) in [5.74, 6) is -7.62. The number of ether oxygens (including phenoxy) is 1. The highest BCUT2D eigenvalue weighted by atomic mass is 18.2. The SMILES string of the molecule is NC(N)=NCCC[C@@H]1NC(=O)[C@H](CCCCNC(=O)[C@@H]2O[C@H](CNC(=O)Cn3cc(CCC[18F])nn3)[C@@H](O)[C@H](O)[C@@H]2O)NC(=O)[C@@H](Cc2ccccc2)NC(=O)[C@H](CC(=O)O)NC(=O)CNC1=O. The molecular weight excluding hydrogens is 901 g/mol. The number of halogens is 1. The normalized spacial score (nSPS) is 24.9. The Morgan fingerprint density at radius 1 is 0.824 bits per heavy atom. The van der Waals surface area contributed by atoms with Crippen LogP contribution in [0.5, 0.6) is 0 Å². The molecule has 7 amide bonds. The first-order chi connectivity index (χ1) is 32.4.